The van der Waals surface area contributed by atoms with Gasteiger partial charge in [-0.2, -0.15) is 0 Å². The zero-order valence-electron chi connectivity index (χ0n) is 32.5. The quantitative estimate of drug-likeness (QED) is 0.161. The number of nitrogens with zero attached hydrogens (tertiary/aromatic N) is 2. The summed E-state index contributed by atoms with van der Waals surface area (Å²) in [6.07, 6.45) is 4.23. The van der Waals surface area contributed by atoms with Gasteiger partial charge < -0.3 is 33.8 Å². The van der Waals surface area contributed by atoms with E-state index in [1.807, 2.05) is 48.5 Å². The summed E-state index contributed by atoms with van der Waals surface area (Å²) in [7, 11) is 8.94. The van der Waals surface area contributed by atoms with E-state index in [2.05, 4.69) is 113 Å². The molecule has 8 nitrogen and oxygen atoms in total. The SMILES string of the molecule is COc1cccc(-c2c3cc(c(-c4cccc(OC)c4)c4ccc([nH]4)c(-c4cccc(OC)c4)c4ccc([nH]4)c(-c4cccc(OC)c4)c4nc2C=C4)CN3C)c1. The molecule has 0 aliphatic carbocycles. The van der Waals surface area contributed by atoms with Gasteiger partial charge in [-0.25, -0.2) is 4.98 Å². The van der Waals surface area contributed by atoms with Crippen molar-refractivity contribution >= 4 is 39.9 Å². The van der Waals surface area contributed by atoms with E-state index >= 15 is 0 Å². The molecule has 4 aromatic carbocycles. The molecular weight excluding hydrogens is 709 g/mol. The Morgan fingerprint density at radius 3 is 1.32 bits per heavy atom. The first-order valence-electron chi connectivity index (χ1n) is 18.8. The number of methoxy groups -OCH3 is 4. The topological polar surface area (TPSA) is 84.6 Å². The Balaban J connectivity index is 1.48. The Hall–Kier alpha value is -7.19. The van der Waals surface area contributed by atoms with Crippen molar-refractivity contribution in [3.63, 3.8) is 0 Å². The van der Waals surface area contributed by atoms with Crippen LogP contribution < -0.4 is 23.8 Å². The molecule has 282 valence electrons. The molecule has 2 aliphatic heterocycles. The lowest BCUT2D eigenvalue weighted by Crippen LogP contribution is -2.12. The molecule has 57 heavy (non-hydrogen) atoms. The van der Waals surface area contributed by atoms with Gasteiger partial charge in [0.05, 0.1) is 39.8 Å². The number of hydrogen-bond acceptors (Lipinski definition) is 6. The van der Waals surface area contributed by atoms with Crippen LogP contribution in [-0.4, -0.2) is 50.4 Å². The van der Waals surface area contributed by atoms with Gasteiger partial charge in [-0.1, -0.05) is 48.5 Å². The minimum atomic E-state index is 0.671. The van der Waals surface area contributed by atoms with Crippen LogP contribution >= 0.6 is 0 Å². The van der Waals surface area contributed by atoms with E-state index < -0.39 is 0 Å². The van der Waals surface area contributed by atoms with Crippen LogP contribution in [0.1, 0.15) is 17.0 Å². The predicted molar refractivity (Wildman–Crippen MR) is 232 cm³/mol. The largest absolute Gasteiger partial charge is 0.497 e. The lowest BCUT2D eigenvalue weighted by atomic mass is 10.00. The maximum Gasteiger partial charge on any atom is 0.119 e. The molecule has 0 saturated heterocycles. The third-order valence-electron chi connectivity index (χ3n) is 10.7. The van der Waals surface area contributed by atoms with Gasteiger partial charge in [-0.15, -0.1) is 0 Å². The number of nitrogens with one attached hydrogen (secondary N) is 2. The summed E-state index contributed by atoms with van der Waals surface area (Å²) in [5, 5.41) is 0. The number of ether oxygens (including phenoxy) is 4. The molecule has 2 N–H and O–H groups in total. The number of anilines is 1. The van der Waals surface area contributed by atoms with Crippen molar-refractivity contribution in [3.8, 4) is 67.5 Å². The minimum absolute atomic E-state index is 0.671. The molecular formula is C49H42N4O4. The average molecular weight is 751 g/mol. The molecule has 9 rings (SSSR count). The van der Waals surface area contributed by atoms with E-state index in [1.54, 1.807) is 28.4 Å². The maximum absolute atomic E-state index is 5.74. The zero-order chi connectivity index (χ0) is 39.0. The second-order valence-corrected chi connectivity index (χ2v) is 14.1. The van der Waals surface area contributed by atoms with Gasteiger partial charge in [0, 0.05) is 63.6 Å². The van der Waals surface area contributed by atoms with Crippen LogP contribution in [0.25, 0.3) is 78.7 Å². The van der Waals surface area contributed by atoms with Crippen molar-refractivity contribution in [1.29, 1.82) is 0 Å². The molecule has 2 aliphatic rings. The van der Waals surface area contributed by atoms with Crippen molar-refractivity contribution in [2.24, 2.45) is 0 Å². The third-order valence-corrected chi connectivity index (χ3v) is 10.7. The monoisotopic (exact) mass is 750 g/mol. The first-order valence-corrected chi connectivity index (χ1v) is 18.8. The fourth-order valence-corrected chi connectivity index (χ4v) is 8.04. The molecule has 0 fully saturated rings. The third kappa shape index (κ3) is 6.55. The summed E-state index contributed by atoms with van der Waals surface area (Å²) in [6, 6.07) is 43.7. The fraction of sp³-hybridized carbons (Fsp3) is 0.122. The Bertz CT molecular complexity index is 2870. The highest BCUT2D eigenvalue weighted by molar-refractivity contribution is 6.00. The molecule has 7 aromatic rings. The van der Waals surface area contributed by atoms with Crippen LogP contribution in [0, 0.1) is 0 Å². The number of aromatic nitrogens is 3. The first kappa shape index (κ1) is 35.5. The van der Waals surface area contributed by atoms with Gasteiger partial charge in [0.2, 0.25) is 0 Å². The minimum Gasteiger partial charge on any atom is -0.497 e. The molecule has 8 heteroatoms. The van der Waals surface area contributed by atoms with Crippen molar-refractivity contribution < 1.29 is 18.9 Å². The molecule has 3 aromatic heterocycles. The summed E-state index contributed by atoms with van der Waals surface area (Å²) in [6.45, 7) is 0.671. The number of benzene rings is 4. The lowest BCUT2D eigenvalue weighted by molar-refractivity contribution is 0.415. The number of fused-ring (bicyclic) bond motifs is 8. The second-order valence-electron chi connectivity index (χ2n) is 14.1. The highest BCUT2D eigenvalue weighted by atomic mass is 16.5. The van der Waals surface area contributed by atoms with Crippen LogP contribution in [0.15, 0.2) is 127 Å². The molecule has 0 spiro atoms. The van der Waals surface area contributed by atoms with Gasteiger partial charge in [-0.05, 0) is 119 Å². The van der Waals surface area contributed by atoms with Crippen LogP contribution in [-0.2, 0) is 6.54 Å². The predicted octanol–water partition coefficient (Wildman–Crippen LogP) is 11.4. The first-order chi connectivity index (χ1) is 27.9. The van der Waals surface area contributed by atoms with E-state index in [1.165, 1.54) is 0 Å². The zero-order valence-corrected chi connectivity index (χ0v) is 32.5. The van der Waals surface area contributed by atoms with E-state index in [4.69, 9.17) is 23.9 Å². The number of aromatic amines is 2. The number of H-pyrrole nitrogens is 2. The Morgan fingerprint density at radius 1 is 0.456 bits per heavy atom. The van der Waals surface area contributed by atoms with Gasteiger partial charge in [-0.3, -0.25) is 0 Å². The van der Waals surface area contributed by atoms with Crippen molar-refractivity contribution in [3.05, 3.63) is 144 Å². The highest BCUT2D eigenvalue weighted by Crippen LogP contribution is 2.43. The molecule has 0 radical (unpaired) electrons. The molecule has 8 bridgehead atoms. The maximum atomic E-state index is 5.74. The Kier molecular flexibility index (Phi) is 9.22. The van der Waals surface area contributed by atoms with E-state index in [0.29, 0.717) is 6.54 Å². The van der Waals surface area contributed by atoms with Crippen molar-refractivity contribution in [1.82, 2.24) is 15.0 Å². The van der Waals surface area contributed by atoms with Crippen LogP contribution in [0.5, 0.6) is 23.0 Å². The normalized spacial score (nSPS) is 12.1. The van der Waals surface area contributed by atoms with Gasteiger partial charge in [0.1, 0.15) is 23.0 Å². The number of hydrogen-bond donors (Lipinski definition) is 2. The summed E-state index contributed by atoms with van der Waals surface area (Å²) >= 11 is 0. The second kappa shape index (κ2) is 14.8. The standard InChI is InChI=1S/C49H42N4O4/c1-53-29-34-28-45(53)49(33-13-9-17-38(27-33)57-5)44-23-22-43(52-44)48(32-12-8-16-37(26-32)56-4)42-21-20-41(51-42)47(31-11-7-15-36(25-31)55-3)40-19-18-39(50-40)46(34)30-10-6-14-35(24-30)54-2/h6-28,50-51H,29H2,1-5H3. The summed E-state index contributed by atoms with van der Waals surface area (Å²) in [4.78, 5) is 15.5. The molecule has 0 unspecified atom stereocenters. The van der Waals surface area contributed by atoms with Gasteiger partial charge >= 0.3 is 0 Å². The Morgan fingerprint density at radius 2 is 0.842 bits per heavy atom. The average Bonchev–Trinajstić information content (AvgIpc) is 4.09. The fourth-order valence-electron chi connectivity index (χ4n) is 8.04. The van der Waals surface area contributed by atoms with Gasteiger partial charge in [0.15, 0.2) is 0 Å². The van der Waals surface area contributed by atoms with Gasteiger partial charge in [0.25, 0.3) is 0 Å². The van der Waals surface area contributed by atoms with E-state index in [-0.39, 0.29) is 0 Å². The van der Waals surface area contributed by atoms with Crippen molar-refractivity contribution in [2.45, 2.75) is 6.54 Å². The molecule has 0 atom stereocenters. The van der Waals surface area contributed by atoms with Crippen molar-refractivity contribution in [2.75, 3.05) is 40.4 Å². The van der Waals surface area contributed by atoms with E-state index in [9.17, 15) is 0 Å². The highest BCUT2D eigenvalue weighted by Gasteiger charge is 2.24. The molecule has 0 saturated carbocycles. The summed E-state index contributed by atoms with van der Waals surface area (Å²) < 4.78 is 22.9. The number of rotatable bonds is 8. The summed E-state index contributed by atoms with van der Waals surface area (Å²) in [5.41, 5.74) is 15.8. The lowest BCUT2D eigenvalue weighted by Gasteiger charge is -2.17. The summed E-state index contributed by atoms with van der Waals surface area (Å²) in [5.74, 6) is 3.10. The van der Waals surface area contributed by atoms with Crippen LogP contribution in [0.2, 0.25) is 0 Å². The smallest absolute Gasteiger partial charge is 0.119 e. The Labute approximate surface area is 331 Å². The molecule has 0 amide bonds. The van der Waals surface area contributed by atoms with Crippen LogP contribution in [0.3, 0.4) is 0 Å². The van der Waals surface area contributed by atoms with E-state index in [0.717, 1.165) is 112 Å². The van der Waals surface area contributed by atoms with Crippen LogP contribution in [0.4, 0.5) is 5.69 Å². The molecule has 5 heterocycles.